The normalized spacial score (nSPS) is 15.7. The highest BCUT2D eigenvalue weighted by Crippen LogP contribution is 2.38. The van der Waals surface area contributed by atoms with Crippen molar-refractivity contribution >= 4 is 12.0 Å². The van der Waals surface area contributed by atoms with Crippen LogP contribution in [-0.4, -0.2) is 19.1 Å². The molecule has 0 aliphatic carbocycles. The summed E-state index contributed by atoms with van der Waals surface area (Å²) in [4.78, 5) is 12.4. The number of hydrogen-bond donors (Lipinski definition) is 1. The number of ether oxygens (including phenoxy) is 2. The molecule has 5 nitrogen and oxygen atoms in total. The monoisotopic (exact) mass is 360 g/mol. The van der Waals surface area contributed by atoms with Gasteiger partial charge in [-0.25, -0.2) is 0 Å². The van der Waals surface area contributed by atoms with Crippen molar-refractivity contribution in [1.29, 1.82) is 5.26 Å². The minimum absolute atomic E-state index is 0.0407. The van der Waals surface area contributed by atoms with Crippen molar-refractivity contribution in [2.24, 2.45) is 0 Å². The fourth-order valence-electron chi connectivity index (χ4n) is 2.82. The molecule has 0 spiro atoms. The van der Waals surface area contributed by atoms with Gasteiger partial charge in [-0.15, -0.1) is 0 Å². The van der Waals surface area contributed by atoms with Crippen LogP contribution in [0.15, 0.2) is 65.8 Å². The number of amides is 1. The number of hydrogen-bond acceptors (Lipinski definition) is 4. The number of rotatable bonds is 5. The van der Waals surface area contributed by atoms with Gasteiger partial charge in [-0.2, -0.15) is 5.26 Å². The van der Waals surface area contributed by atoms with Crippen LogP contribution in [0.4, 0.5) is 0 Å². The molecule has 1 aliphatic heterocycles. The Morgan fingerprint density at radius 1 is 1.26 bits per heavy atom. The molecule has 1 aliphatic rings. The second-order valence-electron chi connectivity index (χ2n) is 6.12. The Labute approximate surface area is 158 Å². The minimum Gasteiger partial charge on any atom is -0.493 e. The Balaban J connectivity index is 1.81. The quantitative estimate of drug-likeness (QED) is 0.653. The number of fused-ring (bicyclic) bond motifs is 1. The first kappa shape index (κ1) is 18.3. The Kier molecular flexibility index (Phi) is 5.58. The summed E-state index contributed by atoms with van der Waals surface area (Å²) in [6.45, 7) is 2.23. The second-order valence-corrected chi connectivity index (χ2v) is 6.12. The zero-order chi connectivity index (χ0) is 19.2. The van der Waals surface area contributed by atoms with Crippen LogP contribution in [0.1, 0.15) is 18.1 Å². The van der Waals surface area contributed by atoms with E-state index in [1.54, 1.807) is 13.2 Å². The van der Waals surface area contributed by atoms with E-state index >= 15 is 0 Å². The van der Waals surface area contributed by atoms with Gasteiger partial charge in [-0.3, -0.25) is 4.79 Å². The molecule has 2 aromatic carbocycles. The first-order chi connectivity index (χ1) is 13.1. The van der Waals surface area contributed by atoms with Crippen molar-refractivity contribution in [3.8, 4) is 17.6 Å². The molecule has 1 unspecified atom stereocenters. The Bertz CT molecular complexity index is 940. The highest BCUT2D eigenvalue weighted by molar-refractivity contribution is 5.98. The summed E-state index contributed by atoms with van der Waals surface area (Å²) < 4.78 is 11.3. The van der Waals surface area contributed by atoms with E-state index in [0.29, 0.717) is 18.0 Å². The Morgan fingerprint density at radius 2 is 2.04 bits per heavy atom. The van der Waals surface area contributed by atoms with Crippen LogP contribution in [0.5, 0.6) is 11.5 Å². The molecule has 0 bridgehead atoms. The van der Waals surface area contributed by atoms with Gasteiger partial charge in [-0.05, 0) is 36.3 Å². The maximum Gasteiger partial charge on any atom is 0.262 e. The van der Waals surface area contributed by atoms with E-state index in [4.69, 9.17) is 9.47 Å². The van der Waals surface area contributed by atoms with Gasteiger partial charge < -0.3 is 14.8 Å². The van der Waals surface area contributed by atoms with Crippen molar-refractivity contribution in [3.63, 3.8) is 0 Å². The molecule has 2 aromatic rings. The molecule has 1 amide bonds. The summed E-state index contributed by atoms with van der Waals surface area (Å²) in [5.41, 5.74) is 2.61. The molecule has 1 N–H and O–H groups in total. The van der Waals surface area contributed by atoms with Gasteiger partial charge >= 0.3 is 0 Å². The molecule has 136 valence electrons. The average Bonchev–Trinajstić information content (AvgIpc) is 2.70. The van der Waals surface area contributed by atoms with Crippen molar-refractivity contribution in [2.75, 3.05) is 7.11 Å². The average molecular weight is 360 g/mol. The molecule has 3 rings (SSSR count). The van der Waals surface area contributed by atoms with E-state index in [2.05, 4.69) is 5.32 Å². The van der Waals surface area contributed by atoms with Crippen LogP contribution >= 0.6 is 0 Å². The lowest BCUT2D eigenvalue weighted by Crippen LogP contribution is -2.25. The Hall–Kier alpha value is -3.52. The van der Waals surface area contributed by atoms with E-state index in [1.165, 1.54) is 0 Å². The summed E-state index contributed by atoms with van der Waals surface area (Å²) in [5.74, 6) is 0.905. The molecule has 0 saturated heterocycles. The summed E-state index contributed by atoms with van der Waals surface area (Å²) in [5, 5.41) is 12.2. The van der Waals surface area contributed by atoms with Crippen LogP contribution in [0.2, 0.25) is 0 Å². The third-order valence-corrected chi connectivity index (χ3v) is 4.29. The molecule has 1 heterocycles. The number of nitrogens with one attached hydrogen (secondary N) is 1. The minimum atomic E-state index is -0.411. The van der Waals surface area contributed by atoms with Crippen molar-refractivity contribution < 1.29 is 14.3 Å². The van der Waals surface area contributed by atoms with Crippen molar-refractivity contribution in [2.45, 2.75) is 19.6 Å². The fourth-order valence-corrected chi connectivity index (χ4v) is 2.82. The molecular weight excluding hydrogens is 340 g/mol. The molecule has 27 heavy (non-hydrogen) atoms. The van der Waals surface area contributed by atoms with Gasteiger partial charge in [-0.1, -0.05) is 42.5 Å². The third-order valence-electron chi connectivity index (χ3n) is 4.29. The fraction of sp³-hybridized carbons (Fsp3) is 0.182. The zero-order valence-electron chi connectivity index (χ0n) is 15.2. The van der Waals surface area contributed by atoms with Gasteiger partial charge in [0, 0.05) is 12.1 Å². The van der Waals surface area contributed by atoms with Crippen molar-refractivity contribution in [3.05, 3.63) is 76.9 Å². The Morgan fingerprint density at radius 3 is 2.74 bits per heavy atom. The predicted octanol–water partition coefficient (Wildman–Crippen LogP) is 3.63. The maximum absolute atomic E-state index is 12.4. The van der Waals surface area contributed by atoms with Crippen LogP contribution in [0.25, 0.3) is 6.08 Å². The number of nitriles is 1. The lowest BCUT2D eigenvalue weighted by atomic mass is 10.00. The third kappa shape index (κ3) is 4.18. The summed E-state index contributed by atoms with van der Waals surface area (Å²) in [6.07, 6.45) is 3.18. The number of nitrogens with zero attached hydrogens (tertiary/aromatic N) is 1. The molecule has 0 radical (unpaired) electrons. The zero-order valence-corrected chi connectivity index (χ0v) is 15.2. The highest BCUT2D eigenvalue weighted by Gasteiger charge is 2.22. The first-order valence-electron chi connectivity index (χ1n) is 8.61. The maximum atomic E-state index is 12.4. The van der Waals surface area contributed by atoms with Gasteiger partial charge in [0.1, 0.15) is 17.7 Å². The number of para-hydroxylation sites is 1. The number of carbonyl (C=O) groups excluding carboxylic acids is 1. The molecular formula is C22H20N2O3. The van der Waals surface area contributed by atoms with Crippen LogP contribution in [0.3, 0.4) is 0 Å². The molecule has 0 saturated carbocycles. The highest BCUT2D eigenvalue weighted by atomic mass is 16.5. The van der Waals surface area contributed by atoms with Crippen LogP contribution in [-0.2, 0) is 11.3 Å². The number of benzene rings is 2. The SMILES string of the molecule is COc1cccc2c1OC(C)C(/C=C(/C#N)C(=O)NCc1ccccc1)=C2. The molecule has 0 aromatic heterocycles. The summed E-state index contributed by atoms with van der Waals surface area (Å²) in [6, 6.07) is 17.1. The van der Waals surface area contributed by atoms with E-state index in [-0.39, 0.29) is 11.7 Å². The van der Waals surface area contributed by atoms with Gasteiger partial charge in [0.15, 0.2) is 11.5 Å². The van der Waals surface area contributed by atoms with Gasteiger partial charge in [0.05, 0.1) is 7.11 Å². The lowest BCUT2D eigenvalue weighted by Gasteiger charge is -2.24. The molecule has 0 fully saturated rings. The van der Waals surface area contributed by atoms with Gasteiger partial charge in [0.25, 0.3) is 5.91 Å². The smallest absolute Gasteiger partial charge is 0.262 e. The standard InChI is InChI=1S/C22H20N2O3/c1-15-18(11-17-9-6-10-20(26-2)21(17)27-15)12-19(13-23)22(25)24-14-16-7-4-3-5-8-16/h3-12,15H,14H2,1-2H3,(H,24,25)/b19-12-. The van der Waals surface area contributed by atoms with E-state index < -0.39 is 5.91 Å². The van der Waals surface area contributed by atoms with Crippen LogP contribution in [0, 0.1) is 11.3 Å². The van der Waals surface area contributed by atoms with Crippen LogP contribution < -0.4 is 14.8 Å². The van der Waals surface area contributed by atoms with E-state index in [1.807, 2.05) is 67.6 Å². The predicted molar refractivity (Wildman–Crippen MR) is 103 cm³/mol. The van der Waals surface area contributed by atoms with Gasteiger partial charge in [0.2, 0.25) is 0 Å². The first-order valence-corrected chi connectivity index (χ1v) is 8.61. The topological polar surface area (TPSA) is 71.3 Å². The summed E-state index contributed by atoms with van der Waals surface area (Å²) in [7, 11) is 1.59. The van der Waals surface area contributed by atoms with E-state index in [9.17, 15) is 10.1 Å². The van der Waals surface area contributed by atoms with Crippen molar-refractivity contribution in [1.82, 2.24) is 5.32 Å². The number of carbonyl (C=O) groups is 1. The largest absolute Gasteiger partial charge is 0.493 e. The van der Waals surface area contributed by atoms with E-state index in [0.717, 1.165) is 16.7 Å². The second kappa shape index (κ2) is 8.24. The summed E-state index contributed by atoms with van der Waals surface area (Å²) >= 11 is 0. The number of methoxy groups -OCH3 is 1. The lowest BCUT2D eigenvalue weighted by molar-refractivity contribution is -0.117. The molecule has 1 atom stereocenters. The molecule has 5 heteroatoms.